The molecule has 3 nitrogen and oxygen atoms in total. The Bertz CT molecular complexity index is 94.4. The molecule has 3 heteroatoms. The number of nitrogens with zero attached hydrogens (tertiary/aromatic N) is 1. The zero-order chi connectivity index (χ0) is 5.98. The van der Waals surface area contributed by atoms with Crippen LogP contribution in [-0.4, -0.2) is 30.4 Å². The van der Waals surface area contributed by atoms with Crippen LogP contribution in [0.4, 0.5) is 0 Å². The van der Waals surface area contributed by atoms with Crippen LogP contribution in [-0.2, 0) is 4.79 Å². The van der Waals surface area contributed by atoms with Gasteiger partial charge in [0, 0.05) is 19.1 Å². The van der Waals surface area contributed by atoms with Gasteiger partial charge < -0.3 is 10.6 Å². The summed E-state index contributed by atoms with van der Waals surface area (Å²) in [6.07, 6.45) is 1.81. The van der Waals surface area contributed by atoms with E-state index >= 15 is 0 Å². The molecule has 1 atom stereocenters. The average Bonchev–Trinajstić information content (AvgIpc) is 2.14. The van der Waals surface area contributed by atoms with Crippen LogP contribution >= 0.6 is 0 Å². The van der Waals surface area contributed by atoms with Gasteiger partial charge in [-0.1, -0.05) is 0 Å². The molecule has 0 aromatic heterocycles. The third-order valence-corrected chi connectivity index (χ3v) is 1.41. The zero-order valence-electron chi connectivity index (χ0n) is 4.71. The van der Waals surface area contributed by atoms with E-state index in [1.54, 1.807) is 4.90 Å². The van der Waals surface area contributed by atoms with Gasteiger partial charge in [-0.15, -0.1) is 0 Å². The Morgan fingerprint density at radius 1 is 1.75 bits per heavy atom. The van der Waals surface area contributed by atoms with Gasteiger partial charge in [-0.3, -0.25) is 4.79 Å². The highest BCUT2D eigenvalue weighted by atomic mass is 16.1. The van der Waals surface area contributed by atoms with Crippen molar-refractivity contribution in [1.29, 1.82) is 0 Å². The maximum atomic E-state index is 10.0. The van der Waals surface area contributed by atoms with E-state index in [4.69, 9.17) is 5.73 Å². The van der Waals surface area contributed by atoms with Gasteiger partial charge in [-0.2, -0.15) is 0 Å². The Kier molecular flexibility index (Phi) is 1.48. The summed E-state index contributed by atoms with van der Waals surface area (Å²) in [5.41, 5.74) is 5.50. The van der Waals surface area contributed by atoms with Gasteiger partial charge in [-0.25, -0.2) is 0 Å². The first-order valence-corrected chi connectivity index (χ1v) is 2.78. The van der Waals surface area contributed by atoms with Gasteiger partial charge in [0.25, 0.3) is 0 Å². The van der Waals surface area contributed by atoms with Gasteiger partial charge in [0.2, 0.25) is 6.41 Å². The lowest BCUT2D eigenvalue weighted by atomic mass is 10.3. The monoisotopic (exact) mass is 114 g/mol. The lowest BCUT2D eigenvalue weighted by Gasteiger charge is -2.04. The summed E-state index contributed by atoms with van der Waals surface area (Å²) in [6, 6.07) is 0.222. The highest BCUT2D eigenvalue weighted by Gasteiger charge is 2.15. The van der Waals surface area contributed by atoms with E-state index in [0.29, 0.717) is 0 Å². The van der Waals surface area contributed by atoms with Crippen molar-refractivity contribution >= 4 is 6.41 Å². The number of hydrogen-bond acceptors (Lipinski definition) is 2. The van der Waals surface area contributed by atoms with Crippen LogP contribution < -0.4 is 5.73 Å². The van der Waals surface area contributed by atoms with Crippen LogP contribution in [0.1, 0.15) is 6.42 Å². The molecule has 0 aliphatic carbocycles. The maximum Gasteiger partial charge on any atom is 0.209 e. The van der Waals surface area contributed by atoms with E-state index in [1.807, 2.05) is 0 Å². The first kappa shape index (κ1) is 5.56. The summed E-state index contributed by atoms with van der Waals surface area (Å²) >= 11 is 0. The molecule has 0 bridgehead atoms. The Labute approximate surface area is 48.5 Å². The summed E-state index contributed by atoms with van der Waals surface area (Å²) in [5.74, 6) is 0. The standard InChI is InChI=1S/C5H10N2O/c6-5-1-2-7(3-5)4-8/h4-5H,1-3,6H2/t5-/m0/s1. The maximum absolute atomic E-state index is 10.0. The molecular weight excluding hydrogens is 104 g/mol. The summed E-state index contributed by atoms with van der Waals surface area (Å²) in [5, 5.41) is 0. The molecular formula is C5H10N2O. The fraction of sp³-hybridized carbons (Fsp3) is 0.800. The predicted octanol–water partition coefficient (Wildman–Crippen LogP) is -0.824. The van der Waals surface area contributed by atoms with Gasteiger partial charge in [0.05, 0.1) is 0 Å². The SMILES string of the molecule is N[C@H]1CCN(C=O)C1. The Balaban J connectivity index is 2.32. The zero-order valence-corrected chi connectivity index (χ0v) is 4.71. The molecule has 2 N–H and O–H groups in total. The molecule has 1 rings (SSSR count). The molecule has 1 amide bonds. The molecule has 1 heterocycles. The first-order chi connectivity index (χ1) is 3.83. The molecule has 1 saturated heterocycles. The highest BCUT2D eigenvalue weighted by Crippen LogP contribution is 2.02. The number of rotatable bonds is 1. The van der Waals surface area contributed by atoms with Crippen LogP contribution in [0.3, 0.4) is 0 Å². The van der Waals surface area contributed by atoms with Gasteiger partial charge >= 0.3 is 0 Å². The van der Waals surface area contributed by atoms with Crippen LogP contribution in [0, 0.1) is 0 Å². The Hall–Kier alpha value is -0.570. The summed E-state index contributed by atoms with van der Waals surface area (Å²) in [6.45, 7) is 1.58. The minimum absolute atomic E-state index is 0.222. The Morgan fingerprint density at radius 2 is 2.50 bits per heavy atom. The minimum atomic E-state index is 0.222. The smallest absolute Gasteiger partial charge is 0.209 e. The first-order valence-electron chi connectivity index (χ1n) is 2.78. The molecule has 0 saturated carbocycles. The van der Waals surface area contributed by atoms with Crippen molar-refractivity contribution in [1.82, 2.24) is 4.90 Å². The third kappa shape index (κ3) is 0.980. The predicted molar refractivity (Wildman–Crippen MR) is 30.2 cm³/mol. The van der Waals surface area contributed by atoms with E-state index < -0.39 is 0 Å². The molecule has 0 radical (unpaired) electrons. The summed E-state index contributed by atoms with van der Waals surface area (Å²) < 4.78 is 0. The van der Waals surface area contributed by atoms with Crippen LogP contribution in [0.25, 0.3) is 0 Å². The number of amides is 1. The molecule has 0 aromatic rings. The second kappa shape index (κ2) is 2.13. The van der Waals surface area contributed by atoms with Crippen molar-refractivity contribution in [3.63, 3.8) is 0 Å². The molecule has 46 valence electrons. The lowest BCUT2D eigenvalue weighted by molar-refractivity contribution is -0.117. The summed E-state index contributed by atoms with van der Waals surface area (Å²) in [4.78, 5) is 11.7. The molecule has 1 fully saturated rings. The number of hydrogen-bond donors (Lipinski definition) is 1. The largest absolute Gasteiger partial charge is 0.344 e. The quantitative estimate of drug-likeness (QED) is 0.452. The van der Waals surface area contributed by atoms with Crippen LogP contribution in [0.15, 0.2) is 0 Å². The van der Waals surface area contributed by atoms with Crippen LogP contribution in [0.5, 0.6) is 0 Å². The molecule has 0 unspecified atom stereocenters. The third-order valence-electron chi connectivity index (χ3n) is 1.41. The second-order valence-corrected chi connectivity index (χ2v) is 2.15. The Morgan fingerprint density at radius 3 is 2.75 bits per heavy atom. The van der Waals surface area contributed by atoms with Gasteiger partial charge in [-0.05, 0) is 6.42 Å². The van der Waals surface area contributed by atoms with E-state index in [2.05, 4.69) is 0 Å². The second-order valence-electron chi connectivity index (χ2n) is 2.15. The summed E-state index contributed by atoms with van der Waals surface area (Å²) in [7, 11) is 0. The average molecular weight is 114 g/mol. The van der Waals surface area contributed by atoms with Crippen molar-refractivity contribution in [2.75, 3.05) is 13.1 Å². The van der Waals surface area contributed by atoms with E-state index in [-0.39, 0.29) is 6.04 Å². The normalized spacial score (nSPS) is 28.6. The van der Waals surface area contributed by atoms with Gasteiger partial charge in [0.15, 0.2) is 0 Å². The van der Waals surface area contributed by atoms with Crippen molar-refractivity contribution in [2.45, 2.75) is 12.5 Å². The number of nitrogens with two attached hydrogens (primary N) is 1. The van der Waals surface area contributed by atoms with Crippen molar-refractivity contribution in [2.24, 2.45) is 5.73 Å². The van der Waals surface area contributed by atoms with Gasteiger partial charge in [0.1, 0.15) is 0 Å². The van der Waals surface area contributed by atoms with Crippen molar-refractivity contribution < 1.29 is 4.79 Å². The number of carbonyl (C=O) groups is 1. The van der Waals surface area contributed by atoms with Crippen molar-refractivity contribution in [3.8, 4) is 0 Å². The van der Waals surface area contributed by atoms with Crippen LogP contribution in [0.2, 0.25) is 0 Å². The topological polar surface area (TPSA) is 46.3 Å². The number of carbonyl (C=O) groups excluding carboxylic acids is 1. The molecule has 8 heavy (non-hydrogen) atoms. The highest BCUT2D eigenvalue weighted by molar-refractivity contribution is 5.47. The molecule has 1 aliphatic rings. The molecule has 1 aliphatic heterocycles. The lowest BCUT2D eigenvalue weighted by Crippen LogP contribution is -2.25. The fourth-order valence-corrected chi connectivity index (χ4v) is 0.911. The van der Waals surface area contributed by atoms with E-state index in [1.165, 1.54) is 0 Å². The molecule has 0 spiro atoms. The van der Waals surface area contributed by atoms with E-state index in [9.17, 15) is 4.79 Å². The number of likely N-dealkylation sites (tertiary alicyclic amines) is 1. The molecule has 0 aromatic carbocycles. The van der Waals surface area contributed by atoms with Crippen molar-refractivity contribution in [3.05, 3.63) is 0 Å². The fourth-order valence-electron chi connectivity index (χ4n) is 0.911. The van der Waals surface area contributed by atoms with E-state index in [0.717, 1.165) is 25.9 Å². The minimum Gasteiger partial charge on any atom is -0.344 e.